The highest BCUT2D eigenvalue weighted by Gasteiger charge is 2.25. The molecule has 150 valence electrons. The Morgan fingerprint density at radius 1 is 1.08 bits per heavy atom. The van der Waals surface area contributed by atoms with Crippen molar-refractivity contribution in [2.45, 2.75) is 38.5 Å². The Kier molecular flexibility index (Phi) is 10.7. The SMILES string of the molecule is COC(=O)CNC(=O)[C@H](N)CSC[C@H](NC(=O)OC(C)(C)C)C(=O)OC. The molecule has 0 radical (unpaired) electrons. The van der Waals surface area contributed by atoms with Crippen molar-refractivity contribution in [2.24, 2.45) is 5.73 Å². The lowest BCUT2D eigenvalue weighted by atomic mass is 10.2. The quantitative estimate of drug-likeness (QED) is 0.345. The zero-order chi connectivity index (χ0) is 20.3. The summed E-state index contributed by atoms with van der Waals surface area (Å²) in [5, 5.41) is 4.75. The molecule has 0 unspecified atom stereocenters. The maximum absolute atomic E-state index is 11.8. The molecule has 11 heteroatoms. The first-order valence-corrected chi connectivity index (χ1v) is 8.90. The van der Waals surface area contributed by atoms with Crippen LogP contribution in [0.5, 0.6) is 0 Å². The van der Waals surface area contributed by atoms with Crippen LogP contribution in [-0.4, -0.2) is 73.9 Å². The van der Waals surface area contributed by atoms with Gasteiger partial charge in [0, 0.05) is 11.5 Å². The Morgan fingerprint density at radius 3 is 2.19 bits per heavy atom. The van der Waals surface area contributed by atoms with Crippen molar-refractivity contribution < 1.29 is 33.4 Å². The second kappa shape index (κ2) is 11.6. The van der Waals surface area contributed by atoms with E-state index < -0.39 is 41.6 Å². The summed E-state index contributed by atoms with van der Waals surface area (Å²) in [4.78, 5) is 46.2. The minimum absolute atomic E-state index is 0.129. The fourth-order valence-electron chi connectivity index (χ4n) is 1.51. The fraction of sp³-hybridized carbons (Fsp3) is 0.733. The third-order valence-corrected chi connectivity index (χ3v) is 3.89. The summed E-state index contributed by atoms with van der Waals surface area (Å²) in [6, 6.07) is -1.85. The molecule has 0 aliphatic rings. The lowest BCUT2D eigenvalue weighted by molar-refractivity contribution is -0.142. The Bertz CT molecular complexity index is 508. The van der Waals surface area contributed by atoms with Gasteiger partial charge in [0.15, 0.2) is 0 Å². The maximum atomic E-state index is 11.8. The van der Waals surface area contributed by atoms with E-state index >= 15 is 0 Å². The molecule has 0 spiro atoms. The Hall–Kier alpha value is -2.01. The number of esters is 2. The molecular formula is C15H27N3O7S. The molecule has 10 nitrogen and oxygen atoms in total. The highest BCUT2D eigenvalue weighted by Crippen LogP contribution is 2.09. The monoisotopic (exact) mass is 393 g/mol. The predicted molar refractivity (Wildman–Crippen MR) is 95.5 cm³/mol. The van der Waals surface area contributed by atoms with Gasteiger partial charge in [-0.05, 0) is 20.8 Å². The van der Waals surface area contributed by atoms with E-state index in [0.29, 0.717) is 0 Å². The number of ether oxygens (including phenoxy) is 3. The lowest BCUT2D eigenvalue weighted by Crippen LogP contribution is -2.47. The Morgan fingerprint density at radius 2 is 1.69 bits per heavy atom. The number of nitrogens with two attached hydrogens (primary N) is 1. The molecule has 0 aromatic carbocycles. The first kappa shape index (κ1) is 24.0. The van der Waals surface area contributed by atoms with Gasteiger partial charge >= 0.3 is 18.0 Å². The second-order valence-electron chi connectivity index (χ2n) is 6.16. The van der Waals surface area contributed by atoms with Crippen LogP contribution in [0, 0.1) is 0 Å². The number of alkyl carbamates (subject to hydrolysis) is 1. The van der Waals surface area contributed by atoms with E-state index in [4.69, 9.17) is 10.5 Å². The smallest absolute Gasteiger partial charge is 0.408 e. The molecule has 2 atom stereocenters. The third-order valence-electron chi connectivity index (χ3n) is 2.73. The first-order chi connectivity index (χ1) is 12.0. The lowest BCUT2D eigenvalue weighted by Gasteiger charge is -2.22. The Balaban J connectivity index is 4.44. The van der Waals surface area contributed by atoms with Gasteiger partial charge in [-0.25, -0.2) is 9.59 Å². The molecule has 0 aromatic rings. The van der Waals surface area contributed by atoms with Gasteiger partial charge in [-0.15, -0.1) is 0 Å². The van der Waals surface area contributed by atoms with Crippen LogP contribution in [-0.2, 0) is 28.6 Å². The average molecular weight is 393 g/mol. The number of hydrogen-bond acceptors (Lipinski definition) is 9. The molecule has 0 bridgehead atoms. The van der Waals surface area contributed by atoms with Crippen molar-refractivity contribution in [3.05, 3.63) is 0 Å². The second-order valence-corrected chi connectivity index (χ2v) is 7.23. The van der Waals surface area contributed by atoms with Gasteiger partial charge in [0.2, 0.25) is 5.91 Å². The molecule has 2 amide bonds. The summed E-state index contributed by atoms with van der Waals surface area (Å²) in [5.74, 6) is -1.48. The van der Waals surface area contributed by atoms with Crippen molar-refractivity contribution >= 4 is 35.7 Å². The van der Waals surface area contributed by atoms with Crippen molar-refractivity contribution in [2.75, 3.05) is 32.3 Å². The number of methoxy groups -OCH3 is 2. The number of thioether (sulfide) groups is 1. The van der Waals surface area contributed by atoms with Crippen molar-refractivity contribution in [3.63, 3.8) is 0 Å². The van der Waals surface area contributed by atoms with Crippen LogP contribution < -0.4 is 16.4 Å². The molecule has 4 N–H and O–H groups in total. The highest BCUT2D eigenvalue weighted by molar-refractivity contribution is 7.99. The zero-order valence-corrected chi connectivity index (χ0v) is 16.4. The number of nitrogens with one attached hydrogen (secondary N) is 2. The summed E-state index contributed by atoms with van der Waals surface area (Å²) in [7, 11) is 2.40. The van der Waals surface area contributed by atoms with E-state index in [1.165, 1.54) is 26.0 Å². The fourth-order valence-corrected chi connectivity index (χ4v) is 2.51. The third kappa shape index (κ3) is 10.8. The molecule has 0 saturated carbocycles. The number of hydrogen-bond donors (Lipinski definition) is 3. The number of carbonyl (C=O) groups excluding carboxylic acids is 4. The minimum Gasteiger partial charge on any atom is -0.468 e. The van der Waals surface area contributed by atoms with Crippen molar-refractivity contribution in [1.82, 2.24) is 10.6 Å². The molecule has 0 aliphatic heterocycles. The van der Waals surface area contributed by atoms with Gasteiger partial charge in [0.25, 0.3) is 0 Å². The van der Waals surface area contributed by atoms with Gasteiger partial charge in [0.1, 0.15) is 18.2 Å². The molecule has 0 fully saturated rings. The highest BCUT2D eigenvalue weighted by atomic mass is 32.2. The van der Waals surface area contributed by atoms with E-state index in [0.717, 1.165) is 0 Å². The summed E-state index contributed by atoms with van der Waals surface area (Å²) >= 11 is 1.17. The van der Waals surface area contributed by atoms with E-state index in [1.54, 1.807) is 20.8 Å². The number of carbonyl (C=O) groups is 4. The normalized spacial score (nSPS) is 13.2. The molecule has 0 saturated heterocycles. The average Bonchev–Trinajstić information content (AvgIpc) is 2.55. The topological polar surface area (TPSA) is 146 Å². The van der Waals surface area contributed by atoms with Gasteiger partial charge in [0.05, 0.1) is 20.3 Å². The van der Waals surface area contributed by atoms with Gasteiger partial charge in [-0.2, -0.15) is 11.8 Å². The van der Waals surface area contributed by atoms with E-state index in [2.05, 4.69) is 20.1 Å². The van der Waals surface area contributed by atoms with Crippen LogP contribution in [0.3, 0.4) is 0 Å². The van der Waals surface area contributed by atoms with Crippen LogP contribution >= 0.6 is 11.8 Å². The largest absolute Gasteiger partial charge is 0.468 e. The first-order valence-electron chi connectivity index (χ1n) is 7.75. The number of amides is 2. The molecule has 0 rings (SSSR count). The molecule has 26 heavy (non-hydrogen) atoms. The van der Waals surface area contributed by atoms with E-state index in [9.17, 15) is 19.2 Å². The standard InChI is InChI=1S/C15H27N3O7S/c1-15(2,3)25-14(22)18-10(13(21)24-5)8-26-7-9(16)12(20)17-6-11(19)23-4/h9-10H,6-8,16H2,1-5H3,(H,17,20)(H,18,22)/t9-,10+/m1/s1. The van der Waals surface area contributed by atoms with Crippen molar-refractivity contribution in [1.29, 1.82) is 0 Å². The minimum atomic E-state index is -0.954. The summed E-state index contributed by atoms with van der Waals surface area (Å²) in [5.41, 5.74) is 5.00. The molecular weight excluding hydrogens is 366 g/mol. The van der Waals surface area contributed by atoms with Crippen LogP contribution in [0.25, 0.3) is 0 Å². The van der Waals surface area contributed by atoms with Gasteiger partial charge in [-0.1, -0.05) is 0 Å². The van der Waals surface area contributed by atoms with Crippen LogP contribution in [0.2, 0.25) is 0 Å². The van der Waals surface area contributed by atoms with Crippen LogP contribution in [0.1, 0.15) is 20.8 Å². The number of rotatable bonds is 9. The van der Waals surface area contributed by atoms with Crippen LogP contribution in [0.15, 0.2) is 0 Å². The Labute approximate surface area is 156 Å². The van der Waals surface area contributed by atoms with E-state index in [1.807, 2.05) is 0 Å². The summed E-state index contributed by atoms with van der Waals surface area (Å²) < 4.78 is 14.1. The van der Waals surface area contributed by atoms with Gasteiger partial charge < -0.3 is 30.6 Å². The summed E-state index contributed by atoms with van der Waals surface area (Å²) in [6.07, 6.45) is -0.756. The molecule has 0 aromatic heterocycles. The van der Waals surface area contributed by atoms with Gasteiger partial charge in [-0.3, -0.25) is 9.59 Å². The predicted octanol–water partition coefficient (Wildman–Crippen LogP) is -0.598. The zero-order valence-electron chi connectivity index (χ0n) is 15.6. The molecule has 0 heterocycles. The molecule has 0 aliphatic carbocycles. The van der Waals surface area contributed by atoms with Crippen molar-refractivity contribution in [3.8, 4) is 0 Å². The summed E-state index contributed by atoms with van der Waals surface area (Å²) in [6.45, 7) is 4.81. The van der Waals surface area contributed by atoms with E-state index in [-0.39, 0.29) is 18.1 Å². The van der Waals surface area contributed by atoms with Crippen LogP contribution in [0.4, 0.5) is 4.79 Å². The maximum Gasteiger partial charge on any atom is 0.408 e.